The standard InChI is InChI=1S/C22H23NO3/c1-3-4-12-25-19-10-11-20-18(13-19)14-21(22(23-20)16(2)24)26-15-17-8-6-5-7-9-17/h5-11,13-14H,3-4,12,15H2,1-2H3. The lowest BCUT2D eigenvalue weighted by Crippen LogP contribution is -2.05. The normalized spacial score (nSPS) is 10.7. The van der Waals surface area contributed by atoms with Crippen LogP contribution in [0.2, 0.25) is 0 Å². The highest BCUT2D eigenvalue weighted by atomic mass is 16.5. The summed E-state index contributed by atoms with van der Waals surface area (Å²) in [7, 11) is 0. The highest BCUT2D eigenvalue weighted by molar-refractivity contribution is 5.98. The number of unbranched alkanes of at least 4 members (excludes halogenated alkanes) is 1. The van der Waals surface area contributed by atoms with E-state index in [1.165, 1.54) is 6.92 Å². The van der Waals surface area contributed by atoms with Gasteiger partial charge in [0.1, 0.15) is 23.8 Å². The highest BCUT2D eigenvalue weighted by Crippen LogP contribution is 2.27. The molecule has 0 aliphatic heterocycles. The van der Waals surface area contributed by atoms with Gasteiger partial charge in [-0.05, 0) is 36.2 Å². The summed E-state index contributed by atoms with van der Waals surface area (Å²) < 4.78 is 11.7. The second-order valence-electron chi connectivity index (χ2n) is 6.22. The Morgan fingerprint density at radius 2 is 1.85 bits per heavy atom. The van der Waals surface area contributed by atoms with Crippen molar-refractivity contribution in [3.8, 4) is 11.5 Å². The molecular formula is C22H23NO3. The average molecular weight is 349 g/mol. The molecule has 1 aromatic heterocycles. The van der Waals surface area contributed by atoms with Crippen LogP contribution in [0.3, 0.4) is 0 Å². The summed E-state index contributed by atoms with van der Waals surface area (Å²) >= 11 is 0. The molecule has 0 N–H and O–H groups in total. The third-order valence-electron chi connectivity index (χ3n) is 4.09. The van der Waals surface area contributed by atoms with Gasteiger partial charge >= 0.3 is 0 Å². The molecule has 3 rings (SSSR count). The summed E-state index contributed by atoms with van der Waals surface area (Å²) in [6, 6.07) is 17.4. The monoisotopic (exact) mass is 349 g/mol. The lowest BCUT2D eigenvalue weighted by Gasteiger charge is -2.12. The molecule has 134 valence electrons. The maximum atomic E-state index is 12.0. The molecule has 0 unspecified atom stereocenters. The minimum atomic E-state index is -0.113. The molecule has 0 aliphatic carbocycles. The van der Waals surface area contributed by atoms with Crippen molar-refractivity contribution in [1.29, 1.82) is 0 Å². The van der Waals surface area contributed by atoms with E-state index in [2.05, 4.69) is 11.9 Å². The van der Waals surface area contributed by atoms with Gasteiger partial charge < -0.3 is 9.47 Å². The molecule has 0 fully saturated rings. The van der Waals surface area contributed by atoms with Gasteiger partial charge in [-0.2, -0.15) is 0 Å². The first-order valence-corrected chi connectivity index (χ1v) is 8.92. The predicted octanol–water partition coefficient (Wildman–Crippen LogP) is 5.20. The number of Topliss-reactive ketones (excluding diaryl/α,β-unsaturated/α-hetero) is 1. The Morgan fingerprint density at radius 1 is 1.04 bits per heavy atom. The number of ether oxygens (including phenoxy) is 2. The van der Waals surface area contributed by atoms with Crippen LogP contribution in [0.15, 0.2) is 54.6 Å². The SMILES string of the molecule is CCCCOc1ccc2nc(C(C)=O)c(OCc3ccccc3)cc2c1. The van der Waals surface area contributed by atoms with Gasteiger partial charge in [0.05, 0.1) is 12.1 Å². The molecule has 1 heterocycles. The first kappa shape index (κ1) is 17.9. The lowest BCUT2D eigenvalue weighted by atomic mass is 10.1. The van der Waals surface area contributed by atoms with Gasteiger partial charge in [-0.3, -0.25) is 4.79 Å². The van der Waals surface area contributed by atoms with Crippen LogP contribution in [-0.4, -0.2) is 17.4 Å². The molecular weight excluding hydrogens is 326 g/mol. The quantitative estimate of drug-likeness (QED) is 0.414. The molecule has 4 heteroatoms. The molecule has 0 saturated carbocycles. The summed E-state index contributed by atoms with van der Waals surface area (Å²) in [6.07, 6.45) is 2.11. The summed E-state index contributed by atoms with van der Waals surface area (Å²) in [5.41, 5.74) is 2.15. The number of carbonyl (C=O) groups excluding carboxylic acids is 1. The second kappa shape index (κ2) is 8.48. The maximum absolute atomic E-state index is 12.0. The topological polar surface area (TPSA) is 48.4 Å². The van der Waals surface area contributed by atoms with Crippen molar-refractivity contribution < 1.29 is 14.3 Å². The number of aromatic nitrogens is 1. The van der Waals surface area contributed by atoms with E-state index in [1.54, 1.807) is 0 Å². The molecule has 3 aromatic rings. The number of carbonyl (C=O) groups is 1. The van der Waals surface area contributed by atoms with E-state index in [-0.39, 0.29) is 5.78 Å². The van der Waals surface area contributed by atoms with E-state index >= 15 is 0 Å². The number of rotatable bonds is 8. The van der Waals surface area contributed by atoms with Gasteiger partial charge in [-0.25, -0.2) is 4.98 Å². The molecule has 26 heavy (non-hydrogen) atoms. The Kier molecular flexibility index (Phi) is 5.84. The first-order chi connectivity index (χ1) is 12.7. The van der Waals surface area contributed by atoms with Gasteiger partial charge in [0.25, 0.3) is 0 Å². The van der Waals surface area contributed by atoms with Gasteiger partial charge in [-0.15, -0.1) is 0 Å². The van der Waals surface area contributed by atoms with Crippen LogP contribution in [-0.2, 0) is 6.61 Å². The van der Waals surface area contributed by atoms with Crippen LogP contribution in [0.25, 0.3) is 10.9 Å². The van der Waals surface area contributed by atoms with E-state index in [9.17, 15) is 4.79 Å². The smallest absolute Gasteiger partial charge is 0.181 e. The van der Waals surface area contributed by atoms with Gasteiger partial charge in [0.15, 0.2) is 5.78 Å². The van der Waals surface area contributed by atoms with Crippen LogP contribution in [0.4, 0.5) is 0 Å². The zero-order valence-corrected chi connectivity index (χ0v) is 15.2. The van der Waals surface area contributed by atoms with E-state index < -0.39 is 0 Å². The zero-order chi connectivity index (χ0) is 18.4. The van der Waals surface area contributed by atoms with E-state index in [1.807, 2.05) is 54.6 Å². The van der Waals surface area contributed by atoms with E-state index in [0.717, 1.165) is 35.1 Å². The number of pyridine rings is 1. The summed E-state index contributed by atoms with van der Waals surface area (Å²) in [5.74, 6) is 1.19. The average Bonchev–Trinajstić information content (AvgIpc) is 2.66. The minimum absolute atomic E-state index is 0.113. The van der Waals surface area contributed by atoms with Crippen LogP contribution >= 0.6 is 0 Å². The van der Waals surface area contributed by atoms with Crippen molar-refractivity contribution in [2.75, 3.05) is 6.61 Å². The third kappa shape index (κ3) is 4.39. The van der Waals surface area contributed by atoms with Crippen LogP contribution < -0.4 is 9.47 Å². The van der Waals surface area contributed by atoms with Crippen molar-refractivity contribution >= 4 is 16.7 Å². The largest absolute Gasteiger partial charge is 0.494 e. The molecule has 0 aliphatic rings. The number of hydrogen-bond donors (Lipinski definition) is 0. The van der Waals surface area contributed by atoms with Crippen molar-refractivity contribution in [2.24, 2.45) is 0 Å². The first-order valence-electron chi connectivity index (χ1n) is 8.92. The molecule has 0 atom stereocenters. The van der Waals surface area contributed by atoms with Crippen molar-refractivity contribution in [3.05, 3.63) is 65.9 Å². The van der Waals surface area contributed by atoms with Crippen molar-refractivity contribution in [2.45, 2.75) is 33.3 Å². The molecule has 2 aromatic carbocycles. The number of fused-ring (bicyclic) bond motifs is 1. The number of ketones is 1. The highest BCUT2D eigenvalue weighted by Gasteiger charge is 2.13. The van der Waals surface area contributed by atoms with Crippen LogP contribution in [0.5, 0.6) is 11.5 Å². The Labute approximate surface area is 153 Å². The predicted molar refractivity (Wildman–Crippen MR) is 103 cm³/mol. The Morgan fingerprint density at radius 3 is 2.58 bits per heavy atom. The molecule has 4 nitrogen and oxygen atoms in total. The third-order valence-corrected chi connectivity index (χ3v) is 4.09. The van der Waals surface area contributed by atoms with Crippen LogP contribution in [0.1, 0.15) is 42.7 Å². The molecule has 0 spiro atoms. The Bertz CT molecular complexity index is 891. The number of hydrogen-bond acceptors (Lipinski definition) is 4. The van der Waals surface area contributed by atoms with Gasteiger partial charge in [0.2, 0.25) is 0 Å². The fourth-order valence-corrected chi connectivity index (χ4v) is 2.66. The second-order valence-corrected chi connectivity index (χ2v) is 6.22. The van der Waals surface area contributed by atoms with E-state index in [4.69, 9.17) is 9.47 Å². The molecule has 0 saturated heterocycles. The fraction of sp³-hybridized carbons (Fsp3) is 0.273. The summed E-state index contributed by atoms with van der Waals surface area (Å²) in [6.45, 7) is 4.72. The van der Waals surface area contributed by atoms with Gasteiger partial charge in [-0.1, -0.05) is 43.7 Å². The van der Waals surface area contributed by atoms with Crippen LogP contribution in [0, 0.1) is 0 Å². The van der Waals surface area contributed by atoms with Crippen molar-refractivity contribution in [1.82, 2.24) is 4.98 Å². The number of benzene rings is 2. The zero-order valence-electron chi connectivity index (χ0n) is 15.2. The fourth-order valence-electron chi connectivity index (χ4n) is 2.66. The number of nitrogens with zero attached hydrogens (tertiary/aromatic N) is 1. The van der Waals surface area contributed by atoms with Crippen molar-refractivity contribution in [3.63, 3.8) is 0 Å². The Hall–Kier alpha value is -2.88. The molecule has 0 radical (unpaired) electrons. The van der Waals surface area contributed by atoms with E-state index in [0.29, 0.717) is 24.7 Å². The minimum Gasteiger partial charge on any atom is -0.494 e. The molecule has 0 bridgehead atoms. The summed E-state index contributed by atoms with van der Waals surface area (Å²) in [5, 5.41) is 0.895. The Balaban J connectivity index is 1.88. The molecule has 0 amide bonds. The lowest BCUT2D eigenvalue weighted by molar-refractivity contribution is 0.100. The van der Waals surface area contributed by atoms with Gasteiger partial charge in [0, 0.05) is 12.3 Å². The summed E-state index contributed by atoms with van der Waals surface area (Å²) in [4.78, 5) is 16.5. The maximum Gasteiger partial charge on any atom is 0.181 e.